The van der Waals surface area contributed by atoms with Crippen LogP contribution in [0.4, 0.5) is 20.2 Å². The Morgan fingerprint density at radius 3 is 2.04 bits per heavy atom. The van der Waals surface area contributed by atoms with Crippen molar-refractivity contribution < 1.29 is 18.4 Å². The third kappa shape index (κ3) is 3.05. The number of benzene rings is 3. The minimum Gasteiger partial charge on any atom is -0.350 e. The van der Waals surface area contributed by atoms with Crippen LogP contribution in [0.3, 0.4) is 0 Å². The van der Waals surface area contributed by atoms with Gasteiger partial charge in [0, 0.05) is 5.69 Å². The molecule has 0 fully saturated rings. The summed E-state index contributed by atoms with van der Waals surface area (Å²) >= 11 is 0. The van der Waals surface area contributed by atoms with Gasteiger partial charge < -0.3 is 5.32 Å². The molecule has 0 radical (unpaired) electrons. The monoisotopic (exact) mass is 376 g/mol. The fraction of sp³-hybridized carbons (Fsp3) is 0. The maximum absolute atomic E-state index is 14.3. The van der Waals surface area contributed by atoms with Crippen LogP contribution in [0.2, 0.25) is 0 Å². The summed E-state index contributed by atoms with van der Waals surface area (Å²) in [5.74, 6) is -2.52. The highest BCUT2D eigenvalue weighted by Gasteiger charge is 2.41. The van der Waals surface area contributed by atoms with Gasteiger partial charge in [0.25, 0.3) is 11.8 Å². The van der Waals surface area contributed by atoms with E-state index in [1.807, 2.05) is 6.07 Å². The molecule has 28 heavy (non-hydrogen) atoms. The van der Waals surface area contributed by atoms with Crippen molar-refractivity contribution in [2.24, 2.45) is 0 Å². The first-order valence-corrected chi connectivity index (χ1v) is 8.52. The van der Waals surface area contributed by atoms with Gasteiger partial charge in [0.05, 0.1) is 11.3 Å². The predicted octanol–water partition coefficient (Wildman–Crippen LogP) is 4.36. The molecule has 4 nitrogen and oxygen atoms in total. The van der Waals surface area contributed by atoms with Gasteiger partial charge in [-0.05, 0) is 42.0 Å². The molecule has 1 N–H and O–H groups in total. The van der Waals surface area contributed by atoms with Crippen LogP contribution in [0.15, 0.2) is 84.6 Å². The van der Waals surface area contributed by atoms with E-state index in [2.05, 4.69) is 5.32 Å². The molecule has 0 saturated heterocycles. The van der Waals surface area contributed by atoms with Crippen LogP contribution in [0, 0.1) is 11.6 Å². The highest BCUT2D eigenvalue weighted by Crippen LogP contribution is 2.34. The molecule has 0 aliphatic carbocycles. The van der Waals surface area contributed by atoms with Crippen LogP contribution < -0.4 is 10.2 Å². The summed E-state index contributed by atoms with van der Waals surface area (Å²) in [7, 11) is 0. The van der Waals surface area contributed by atoms with Gasteiger partial charge in [-0.1, -0.05) is 42.5 Å². The SMILES string of the molecule is O=C1C(Nc2ccccc2)=C(c2ccc(F)cc2)C(=O)N1c1ccccc1F. The fourth-order valence-electron chi connectivity index (χ4n) is 3.05. The second kappa shape index (κ2) is 7.08. The summed E-state index contributed by atoms with van der Waals surface area (Å²) in [6, 6.07) is 19.6. The van der Waals surface area contributed by atoms with Crippen molar-refractivity contribution in [1.82, 2.24) is 0 Å². The van der Waals surface area contributed by atoms with Gasteiger partial charge in [-0.25, -0.2) is 13.7 Å². The Balaban J connectivity index is 1.84. The van der Waals surface area contributed by atoms with Gasteiger partial charge in [0.2, 0.25) is 0 Å². The van der Waals surface area contributed by atoms with E-state index in [4.69, 9.17) is 0 Å². The Kier molecular flexibility index (Phi) is 4.45. The average molecular weight is 376 g/mol. The summed E-state index contributed by atoms with van der Waals surface area (Å²) in [6.07, 6.45) is 0. The van der Waals surface area contributed by atoms with Crippen LogP contribution in [0.25, 0.3) is 5.57 Å². The molecular formula is C22H14F2N2O2. The Bertz CT molecular complexity index is 1090. The molecule has 138 valence electrons. The Morgan fingerprint density at radius 2 is 1.36 bits per heavy atom. The molecule has 0 atom stereocenters. The number of rotatable bonds is 4. The zero-order valence-electron chi connectivity index (χ0n) is 14.5. The number of para-hydroxylation sites is 2. The van der Waals surface area contributed by atoms with E-state index >= 15 is 0 Å². The number of anilines is 2. The summed E-state index contributed by atoms with van der Waals surface area (Å²) in [4.78, 5) is 27.0. The summed E-state index contributed by atoms with van der Waals surface area (Å²) in [5, 5.41) is 2.95. The molecule has 6 heteroatoms. The third-order valence-corrected chi connectivity index (χ3v) is 4.35. The number of carbonyl (C=O) groups is 2. The van der Waals surface area contributed by atoms with Crippen molar-refractivity contribution >= 4 is 28.8 Å². The highest BCUT2D eigenvalue weighted by atomic mass is 19.1. The first-order chi connectivity index (χ1) is 13.6. The predicted molar refractivity (Wildman–Crippen MR) is 102 cm³/mol. The summed E-state index contributed by atoms with van der Waals surface area (Å²) < 4.78 is 27.6. The Morgan fingerprint density at radius 1 is 0.714 bits per heavy atom. The minimum atomic E-state index is -0.691. The lowest BCUT2D eigenvalue weighted by Gasteiger charge is -2.16. The molecule has 0 spiro atoms. The van der Waals surface area contributed by atoms with Gasteiger partial charge in [0.15, 0.2) is 0 Å². The second-order valence-corrected chi connectivity index (χ2v) is 6.15. The lowest BCUT2D eigenvalue weighted by atomic mass is 10.0. The van der Waals surface area contributed by atoms with Crippen molar-refractivity contribution in [3.63, 3.8) is 0 Å². The fourth-order valence-corrected chi connectivity index (χ4v) is 3.05. The van der Waals surface area contributed by atoms with E-state index < -0.39 is 23.4 Å². The number of carbonyl (C=O) groups excluding carboxylic acids is 2. The Labute approximate surface area is 159 Å². The molecule has 3 aromatic rings. The maximum atomic E-state index is 14.3. The van der Waals surface area contributed by atoms with Gasteiger partial charge >= 0.3 is 0 Å². The first kappa shape index (κ1) is 17.6. The second-order valence-electron chi connectivity index (χ2n) is 6.15. The van der Waals surface area contributed by atoms with Crippen molar-refractivity contribution in [2.75, 3.05) is 10.2 Å². The normalized spacial score (nSPS) is 14.0. The number of amides is 2. The largest absolute Gasteiger partial charge is 0.350 e. The number of halogens is 2. The van der Waals surface area contributed by atoms with E-state index in [0.717, 1.165) is 4.90 Å². The molecule has 1 aliphatic rings. The van der Waals surface area contributed by atoms with Crippen LogP contribution in [-0.4, -0.2) is 11.8 Å². The molecular weight excluding hydrogens is 362 g/mol. The average Bonchev–Trinajstić information content (AvgIpc) is 2.94. The molecule has 1 heterocycles. The summed E-state index contributed by atoms with van der Waals surface area (Å²) in [5.41, 5.74) is 0.871. The Hall–Kier alpha value is -3.80. The number of hydrogen-bond donors (Lipinski definition) is 1. The van der Waals surface area contributed by atoms with Crippen molar-refractivity contribution in [3.8, 4) is 0 Å². The minimum absolute atomic E-state index is 0.00561. The molecule has 0 bridgehead atoms. The van der Waals surface area contributed by atoms with Gasteiger partial charge in [-0.2, -0.15) is 0 Å². The molecule has 4 rings (SSSR count). The molecule has 1 aliphatic heterocycles. The standard InChI is InChI=1S/C22H14F2N2O2/c23-15-12-10-14(11-13-15)19-20(25-16-6-2-1-3-7-16)22(28)26(21(19)27)18-9-5-4-8-17(18)24/h1-13,25H. The molecule has 0 unspecified atom stereocenters. The van der Waals surface area contributed by atoms with Crippen LogP contribution in [-0.2, 0) is 9.59 Å². The van der Waals surface area contributed by atoms with E-state index in [1.54, 1.807) is 30.3 Å². The van der Waals surface area contributed by atoms with Crippen molar-refractivity contribution in [3.05, 3.63) is 102 Å². The van der Waals surface area contributed by atoms with Crippen molar-refractivity contribution in [1.29, 1.82) is 0 Å². The zero-order valence-corrected chi connectivity index (χ0v) is 14.5. The van der Waals surface area contributed by atoms with Crippen LogP contribution in [0.1, 0.15) is 5.56 Å². The van der Waals surface area contributed by atoms with Gasteiger partial charge in [-0.15, -0.1) is 0 Å². The van der Waals surface area contributed by atoms with E-state index in [9.17, 15) is 18.4 Å². The third-order valence-electron chi connectivity index (χ3n) is 4.35. The highest BCUT2D eigenvalue weighted by molar-refractivity contribution is 6.46. The molecule has 0 saturated carbocycles. The number of imide groups is 1. The van der Waals surface area contributed by atoms with Gasteiger partial charge in [-0.3, -0.25) is 9.59 Å². The van der Waals surface area contributed by atoms with E-state index in [0.29, 0.717) is 11.3 Å². The van der Waals surface area contributed by atoms with E-state index in [1.165, 1.54) is 42.5 Å². The van der Waals surface area contributed by atoms with Crippen molar-refractivity contribution in [2.45, 2.75) is 0 Å². The topological polar surface area (TPSA) is 49.4 Å². The number of nitrogens with zero attached hydrogens (tertiary/aromatic N) is 1. The zero-order chi connectivity index (χ0) is 19.7. The number of hydrogen-bond acceptors (Lipinski definition) is 3. The molecule has 2 amide bonds. The van der Waals surface area contributed by atoms with Crippen LogP contribution >= 0.6 is 0 Å². The lowest BCUT2D eigenvalue weighted by molar-refractivity contribution is -0.120. The smallest absolute Gasteiger partial charge is 0.282 e. The molecule has 0 aromatic heterocycles. The maximum Gasteiger partial charge on any atom is 0.282 e. The molecule has 3 aromatic carbocycles. The summed E-state index contributed by atoms with van der Waals surface area (Å²) in [6.45, 7) is 0. The van der Waals surface area contributed by atoms with Crippen LogP contribution in [0.5, 0.6) is 0 Å². The first-order valence-electron chi connectivity index (χ1n) is 8.52. The lowest BCUT2D eigenvalue weighted by Crippen LogP contribution is -2.33. The van der Waals surface area contributed by atoms with Gasteiger partial charge in [0.1, 0.15) is 17.3 Å². The quantitative estimate of drug-likeness (QED) is 0.689. The number of nitrogens with one attached hydrogen (secondary N) is 1. The van der Waals surface area contributed by atoms with E-state index in [-0.39, 0.29) is 17.0 Å².